The van der Waals surface area contributed by atoms with E-state index in [4.69, 9.17) is 4.74 Å². The van der Waals surface area contributed by atoms with Crippen LogP contribution in [0, 0.1) is 6.92 Å². The van der Waals surface area contributed by atoms with Crippen molar-refractivity contribution >= 4 is 5.97 Å². The van der Waals surface area contributed by atoms with Gasteiger partial charge in [0, 0.05) is 6.54 Å². The number of carbonyl (C=O) groups is 1. The Hall–Kier alpha value is -1.39. The van der Waals surface area contributed by atoms with Crippen LogP contribution < -0.4 is 0 Å². The van der Waals surface area contributed by atoms with Crippen LogP contribution in [0.3, 0.4) is 0 Å². The first-order chi connectivity index (χ1) is 7.24. The molecule has 0 saturated carbocycles. The van der Waals surface area contributed by atoms with E-state index >= 15 is 0 Å². The molecule has 5 heteroatoms. The Bertz CT molecular complexity index is 373. The van der Waals surface area contributed by atoms with Crippen LogP contribution >= 0.6 is 0 Å². The maximum absolute atomic E-state index is 11.7. The predicted octanol–water partition coefficient (Wildman–Crippen LogP) is 1.03. The molecule has 0 aliphatic carbocycles. The van der Waals surface area contributed by atoms with Crippen molar-refractivity contribution in [1.82, 2.24) is 14.8 Å². The van der Waals surface area contributed by atoms with E-state index < -0.39 is 0 Å². The molecule has 1 aliphatic rings. The molecule has 5 nitrogen and oxygen atoms in total. The first-order valence-electron chi connectivity index (χ1n) is 5.30. The number of hydrogen-bond donors (Lipinski definition) is 0. The van der Waals surface area contributed by atoms with Gasteiger partial charge in [0.15, 0.2) is 0 Å². The van der Waals surface area contributed by atoms with E-state index in [0.717, 1.165) is 31.0 Å². The summed E-state index contributed by atoms with van der Waals surface area (Å²) in [6, 6.07) is 0. The zero-order chi connectivity index (χ0) is 10.8. The lowest BCUT2D eigenvalue weighted by molar-refractivity contribution is -0.145. The monoisotopic (exact) mass is 209 g/mol. The molecule has 2 heterocycles. The van der Waals surface area contributed by atoms with Crippen molar-refractivity contribution in [1.29, 1.82) is 0 Å². The van der Waals surface area contributed by atoms with Crippen molar-refractivity contribution in [3.05, 3.63) is 11.6 Å². The molecule has 82 valence electrons. The zero-order valence-electron chi connectivity index (χ0n) is 9.06. The van der Waals surface area contributed by atoms with Crippen molar-refractivity contribution in [2.75, 3.05) is 6.61 Å². The topological polar surface area (TPSA) is 57.0 Å². The van der Waals surface area contributed by atoms with Gasteiger partial charge in [-0.25, -0.2) is 0 Å². The molecule has 1 aliphatic heterocycles. The highest BCUT2D eigenvalue weighted by Crippen LogP contribution is 2.27. The highest BCUT2D eigenvalue weighted by Gasteiger charge is 2.30. The van der Waals surface area contributed by atoms with Crippen molar-refractivity contribution in [2.24, 2.45) is 0 Å². The van der Waals surface area contributed by atoms with Gasteiger partial charge < -0.3 is 9.30 Å². The molecule has 0 fully saturated rings. The number of ether oxygens (including phenoxy) is 1. The minimum Gasteiger partial charge on any atom is -0.465 e. The van der Waals surface area contributed by atoms with Crippen LogP contribution in [0.5, 0.6) is 0 Å². The normalized spacial score (nSPS) is 19.7. The lowest BCUT2D eigenvalue weighted by Crippen LogP contribution is -2.24. The highest BCUT2D eigenvalue weighted by molar-refractivity contribution is 5.77. The van der Waals surface area contributed by atoms with Crippen molar-refractivity contribution in [2.45, 2.75) is 39.2 Å². The third kappa shape index (κ3) is 1.73. The quantitative estimate of drug-likeness (QED) is 0.682. The predicted molar refractivity (Wildman–Crippen MR) is 53.4 cm³/mol. The summed E-state index contributed by atoms with van der Waals surface area (Å²) in [5.41, 5.74) is 0. The SMILES string of the molecule is CCOC(=O)[C@H]1CCCn2c(C)nnc21. The van der Waals surface area contributed by atoms with E-state index in [2.05, 4.69) is 10.2 Å². The molecular weight excluding hydrogens is 194 g/mol. The maximum Gasteiger partial charge on any atom is 0.316 e. The van der Waals surface area contributed by atoms with Crippen LogP contribution in [0.15, 0.2) is 0 Å². The van der Waals surface area contributed by atoms with Gasteiger partial charge in [-0.3, -0.25) is 4.79 Å². The smallest absolute Gasteiger partial charge is 0.316 e. The molecule has 0 N–H and O–H groups in total. The van der Waals surface area contributed by atoms with E-state index in [1.54, 1.807) is 0 Å². The van der Waals surface area contributed by atoms with E-state index in [1.807, 2.05) is 18.4 Å². The highest BCUT2D eigenvalue weighted by atomic mass is 16.5. The van der Waals surface area contributed by atoms with Crippen LogP contribution in [0.1, 0.15) is 37.3 Å². The molecule has 0 bridgehead atoms. The lowest BCUT2D eigenvalue weighted by atomic mass is 9.99. The van der Waals surface area contributed by atoms with Gasteiger partial charge in [0.2, 0.25) is 0 Å². The maximum atomic E-state index is 11.7. The van der Waals surface area contributed by atoms with E-state index in [9.17, 15) is 4.79 Å². The van der Waals surface area contributed by atoms with Gasteiger partial charge in [0.05, 0.1) is 6.61 Å². The second kappa shape index (κ2) is 4.00. The van der Waals surface area contributed by atoms with Crippen LogP contribution in [-0.4, -0.2) is 27.3 Å². The summed E-state index contributed by atoms with van der Waals surface area (Å²) >= 11 is 0. The second-order valence-electron chi connectivity index (χ2n) is 3.70. The molecular formula is C10H15N3O2. The molecule has 0 aromatic carbocycles. The Labute approximate surface area is 88.4 Å². The second-order valence-corrected chi connectivity index (χ2v) is 3.70. The van der Waals surface area contributed by atoms with Gasteiger partial charge in [-0.15, -0.1) is 10.2 Å². The Kier molecular flexibility index (Phi) is 2.70. The Balaban J connectivity index is 2.26. The molecule has 2 rings (SSSR count). The van der Waals surface area contributed by atoms with Gasteiger partial charge in [-0.05, 0) is 26.7 Å². The number of hydrogen-bond acceptors (Lipinski definition) is 4. The van der Waals surface area contributed by atoms with Crippen LogP contribution in [0.25, 0.3) is 0 Å². The fraction of sp³-hybridized carbons (Fsp3) is 0.700. The number of aromatic nitrogens is 3. The lowest BCUT2D eigenvalue weighted by Gasteiger charge is -2.21. The third-order valence-electron chi connectivity index (χ3n) is 2.72. The first-order valence-corrected chi connectivity index (χ1v) is 5.30. The Morgan fingerprint density at radius 1 is 1.60 bits per heavy atom. The summed E-state index contributed by atoms with van der Waals surface area (Å²) in [5, 5.41) is 8.05. The van der Waals surface area contributed by atoms with Gasteiger partial charge >= 0.3 is 5.97 Å². The molecule has 0 saturated heterocycles. The fourth-order valence-electron chi connectivity index (χ4n) is 1.98. The van der Waals surface area contributed by atoms with Crippen LogP contribution in [0.4, 0.5) is 0 Å². The van der Waals surface area contributed by atoms with Crippen molar-refractivity contribution in [3.63, 3.8) is 0 Å². The van der Waals surface area contributed by atoms with E-state index in [0.29, 0.717) is 6.61 Å². The zero-order valence-corrected chi connectivity index (χ0v) is 9.06. The summed E-state index contributed by atoms with van der Waals surface area (Å²) in [4.78, 5) is 11.7. The molecule has 15 heavy (non-hydrogen) atoms. The number of aryl methyl sites for hydroxylation is 1. The number of rotatable bonds is 2. The third-order valence-corrected chi connectivity index (χ3v) is 2.72. The molecule has 1 atom stereocenters. The summed E-state index contributed by atoms with van der Waals surface area (Å²) in [5.74, 6) is 1.24. The standard InChI is InChI=1S/C10H15N3O2/c1-3-15-10(14)8-5-4-6-13-7(2)11-12-9(8)13/h8H,3-6H2,1-2H3/t8-/m0/s1. The average molecular weight is 209 g/mol. The van der Waals surface area contributed by atoms with Crippen LogP contribution in [-0.2, 0) is 16.1 Å². The van der Waals surface area contributed by atoms with Gasteiger partial charge in [0.25, 0.3) is 0 Å². The van der Waals surface area contributed by atoms with Crippen molar-refractivity contribution < 1.29 is 9.53 Å². The summed E-state index contributed by atoms with van der Waals surface area (Å²) < 4.78 is 7.03. The number of esters is 1. The Morgan fingerprint density at radius 3 is 3.13 bits per heavy atom. The minimum absolute atomic E-state index is 0.175. The van der Waals surface area contributed by atoms with E-state index in [-0.39, 0.29) is 11.9 Å². The average Bonchev–Trinajstić information content (AvgIpc) is 2.61. The number of fused-ring (bicyclic) bond motifs is 1. The van der Waals surface area contributed by atoms with Gasteiger partial charge in [-0.2, -0.15) is 0 Å². The first kappa shape index (κ1) is 10.1. The number of carbonyl (C=O) groups excluding carboxylic acids is 1. The fourth-order valence-corrected chi connectivity index (χ4v) is 1.98. The summed E-state index contributed by atoms with van der Waals surface area (Å²) in [6.45, 7) is 5.05. The minimum atomic E-state index is -0.222. The van der Waals surface area contributed by atoms with Crippen LogP contribution in [0.2, 0.25) is 0 Å². The Morgan fingerprint density at radius 2 is 2.40 bits per heavy atom. The molecule has 0 unspecified atom stereocenters. The van der Waals surface area contributed by atoms with Gasteiger partial charge in [-0.1, -0.05) is 0 Å². The number of nitrogens with zero attached hydrogens (tertiary/aromatic N) is 3. The summed E-state index contributed by atoms with van der Waals surface area (Å²) in [6.07, 6.45) is 1.80. The largest absolute Gasteiger partial charge is 0.465 e. The molecule has 1 aromatic rings. The summed E-state index contributed by atoms with van der Waals surface area (Å²) in [7, 11) is 0. The molecule has 1 aromatic heterocycles. The van der Waals surface area contributed by atoms with Gasteiger partial charge in [0.1, 0.15) is 17.6 Å². The molecule has 0 amide bonds. The molecule has 0 radical (unpaired) electrons. The molecule has 0 spiro atoms. The van der Waals surface area contributed by atoms with Crippen molar-refractivity contribution in [3.8, 4) is 0 Å². The van der Waals surface area contributed by atoms with E-state index in [1.165, 1.54) is 0 Å².